The zero-order valence-electron chi connectivity index (χ0n) is 14.2. The Morgan fingerprint density at radius 1 is 1.28 bits per heavy atom. The van der Waals surface area contributed by atoms with Gasteiger partial charge in [-0.1, -0.05) is 0 Å². The van der Waals surface area contributed by atoms with Gasteiger partial charge in [-0.25, -0.2) is 13.1 Å². The Labute approximate surface area is 148 Å². The van der Waals surface area contributed by atoms with Crippen LogP contribution in [-0.4, -0.2) is 60.8 Å². The molecule has 2 saturated heterocycles. The predicted octanol–water partition coefficient (Wildman–Crippen LogP) is 1.25. The average Bonchev–Trinajstić information content (AvgIpc) is 3.32. The molecule has 2 N–H and O–H groups in total. The van der Waals surface area contributed by atoms with Crippen LogP contribution in [0.5, 0.6) is 0 Å². The van der Waals surface area contributed by atoms with Gasteiger partial charge in [0.1, 0.15) is 0 Å². The fourth-order valence-electron chi connectivity index (χ4n) is 3.94. The van der Waals surface area contributed by atoms with Crippen molar-refractivity contribution in [1.82, 2.24) is 14.6 Å². The number of piperidine rings is 1. The Kier molecular flexibility index (Phi) is 4.37. The summed E-state index contributed by atoms with van der Waals surface area (Å²) in [5, 5.41) is -0.188. The van der Waals surface area contributed by atoms with Crippen molar-refractivity contribution in [3.05, 3.63) is 24.0 Å². The highest BCUT2D eigenvalue weighted by atomic mass is 32.2. The summed E-state index contributed by atoms with van der Waals surface area (Å²) in [5.41, 5.74) is 0.375. The molecule has 3 fully saturated rings. The second kappa shape index (κ2) is 6.41. The highest BCUT2D eigenvalue weighted by Crippen LogP contribution is 2.36. The fraction of sp³-hybridized carbons (Fsp3) is 0.706. The van der Waals surface area contributed by atoms with Crippen molar-refractivity contribution in [2.45, 2.75) is 55.4 Å². The van der Waals surface area contributed by atoms with Crippen LogP contribution in [0.2, 0.25) is 0 Å². The van der Waals surface area contributed by atoms with Crippen LogP contribution in [0, 0.1) is 0 Å². The molecule has 25 heavy (non-hydrogen) atoms. The third-order valence-corrected chi connectivity index (χ3v) is 7.60. The van der Waals surface area contributed by atoms with Crippen LogP contribution >= 0.6 is 0 Å². The first-order valence-electron chi connectivity index (χ1n) is 9.05. The molecule has 1 aromatic heterocycles. The molecular formula is C17H25N3O4S. The minimum atomic E-state index is -3.17. The number of H-pyrrole nitrogens is 1. The zero-order valence-corrected chi connectivity index (χ0v) is 15.1. The van der Waals surface area contributed by atoms with E-state index in [1.165, 1.54) is 0 Å². The Balaban J connectivity index is 1.36. The van der Waals surface area contributed by atoms with E-state index in [-0.39, 0.29) is 22.8 Å². The number of sulfonamides is 1. The van der Waals surface area contributed by atoms with Crippen molar-refractivity contribution in [2.24, 2.45) is 0 Å². The van der Waals surface area contributed by atoms with Gasteiger partial charge in [-0.2, -0.15) is 0 Å². The van der Waals surface area contributed by atoms with Gasteiger partial charge in [-0.3, -0.25) is 4.79 Å². The molecule has 7 nitrogen and oxygen atoms in total. The molecule has 1 aromatic rings. The number of aromatic nitrogens is 1. The summed E-state index contributed by atoms with van der Waals surface area (Å²) in [6, 6.07) is 1.73. The Morgan fingerprint density at radius 2 is 2.04 bits per heavy atom. The number of likely N-dealkylation sites (tertiary alicyclic amines) is 1. The molecule has 4 rings (SSSR count). The molecule has 3 heterocycles. The molecule has 1 spiro atoms. The monoisotopic (exact) mass is 367 g/mol. The fourth-order valence-corrected chi connectivity index (χ4v) is 5.56. The summed E-state index contributed by atoms with van der Waals surface area (Å²) in [4.78, 5) is 17.2. The molecule has 3 aliphatic rings. The second-order valence-corrected chi connectivity index (χ2v) is 9.47. The molecule has 8 heteroatoms. The summed E-state index contributed by atoms with van der Waals surface area (Å²) >= 11 is 0. The molecule has 1 saturated carbocycles. The SMILES string of the molecule is O=C(c1cc[nH]c1)N1CCC2(CC1)CC(NS(=O)(=O)C1CC1)CCO2. The van der Waals surface area contributed by atoms with Crippen LogP contribution in [0.1, 0.15) is 48.9 Å². The van der Waals surface area contributed by atoms with E-state index in [4.69, 9.17) is 4.74 Å². The first-order valence-corrected chi connectivity index (χ1v) is 10.6. The van der Waals surface area contributed by atoms with Gasteiger partial charge in [0.05, 0.1) is 16.4 Å². The topological polar surface area (TPSA) is 91.5 Å². The van der Waals surface area contributed by atoms with E-state index in [0.717, 1.165) is 32.1 Å². The van der Waals surface area contributed by atoms with Crippen molar-refractivity contribution < 1.29 is 17.9 Å². The Hall–Kier alpha value is -1.38. The van der Waals surface area contributed by atoms with Gasteiger partial charge in [0.2, 0.25) is 10.0 Å². The average molecular weight is 367 g/mol. The lowest BCUT2D eigenvalue weighted by Crippen LogP contribution is -2.54. The highest BCUT2D eigenvalue weighted by Gasteiger charge is 2.44. The van der Waals surface area contributed by atoms with Crippen LogP contribution in [0.3, 0.4) is 0 Å². The second-order valence-electron chi connectivity index (χ2n) is 7.48. The van der Waals surface area contributed by atoms with E-state index in [1.54, 1.807) is 18.5 Å². The van der Waals surface area contributed by atoms with Crippen LogP contribution in [0.15, 0.2) is 18.5 Å². The number of hydrogen-bond acceptors (Lipinski definition) is 4. The standard InChI is InChI=1S/C17H25N3O4S/c21-16(13-3-7-18-12-13)20-8-5-17(6-9-20)11-14(4-10-24-17)19-25(22,23)15-1-2-15/h3,7,12,14-15,18-19H,1-2,4-6,8-11H2. The summed E-state index contributed by atoms with van der Waals surface area (Å²) in [7, 11) is -3.17. The van der Waals surface area contributed by atoms with Crippen molar-refractivity contribution in [2.75, 3.05) is 19.7 Å². The molecule has 138 valence electrons. The summed E-state index contributed by atoms with van der Waals surface area (Å²) in [6.07, 6.45) is 7.95. The van der Waals surface area contributed by atoms with Crippen LogP contribution in [0.25, 0.3) is 0 Å². The predicted molar refractivity (Wildman–Crippen MR) is 92.7 cm³/mol. The number of nitrogens with zero attached hydrogens (tertiary/aromatic N) is 1. The Bertz CT molecular complexity index is 719. The lowest BCUT2D eigenvalue weighted by Gasteiger charge is -2.46. The van der Waals surface area contributed by atoms with Crippen LogP contribution in [-0.2, 0) is 14.8 Å². The maximum absolute atomic E-state index is 12.4. The third kappa shape index (κ3) is 3.61. The molecule has 1 unspecified atom stereocenters. The number of hydrogen-bond donors (Lipinski definition) is 2. The minimum absolute atomic E-state index is 0.0397. The molecule has 1 amide bonds. The van der Waals surface area contributed by atoms with Crippen LogP contribution in [0.4, 0.5) is 0 Å². The van der Waals surface area contributed by atoms with E-state index in [0.29, 0.717) is 31.7 Å². The Morgan fingerprint density at radius 3 is 2.68 bits per heavy atom. The van der Waals surface area contributed by atoms with Gasteiger partial charge in [0.15, 0.2) is 0 Å². The number of ether oxygens (including phenoxy) is 1. The van der Waals surface area contributed by atoms with Gasteiger partial charge in [0, 0.05) is 38.1 Å². The number of aromatic amines is 1. The number of carbonyl (C=O) groups excluding carboxylic acids is 1. The van der Waals surface area contributed by atoms with Crippen LogP contribution < -0.4 is 4.72 Å². The van der Waals surface area contributed by atoms with E-state index in [2.05, 4.69) is 9.71 Å². The van der Waals surface area contributed by atoms with Gasteiger partial charge < -0.3 is 14.6 Å². The molecule has 1 atom stereocenters. The van der Waals surface area contributed by atoms with E-state index < -0.39 is 10.0 Å². The van der Waals surface area contributed by atoms with Gasteiger partial charge >= 0.3 is 0 Å². The number of nitrogens with one attached hydrogen (secondary N) is 2. The first kappa shape index (κ1) is 17.1. The van der Waals surface area contributed by atoms with Gasteiger partial charge in [-0.05, 0) is 44.6 Å². The zero-order chi connectivity index (χ0) is 17.5. The largest absolute Gasteiger partial charge is 0.375 e. The molecule has 0 bridgehead atoms. The molecule has 0 radical (unpaired) electrons. The molecular weight excluding hydrogens is 342 g/mol. The maximum atomic E-state index is 12.4. The summed E-state index contributed by atoms with van der Waals surface area (Å²) in [5.74, 6) is 0.0397. The number of rotatable bonds is 4. The van der Waals surface area contributed by atoms with E-state index in [1.807, 2.05) is 4.90 Å². The quantitative estimate of drug-likeness (QED) is 0.838. The molecule has 2 aliphatic heterocycles. The summed E-state index contributed by atoms with van der Waals surface area (Å²) in [6.45, 7) is 1.86. The van der Waals surface area contributed by atoms with Crippen molar-refractivity contribution in [3.63, 3.8) is 0 Å². The number of amides is 1. The van der Waals surface area contributed by atoms with Crippen molar-refractivity contribution in [1.29, 1.82) is 0 Å². The maximum Gasteiger partial charge on any atom is 0.255 e. The van der Waals surface area contributed by atoms with Gasteiger partial charge in [-0.15, -0.1) is 0 Å². The smallest absolute Gasteiger partial charge is 0.255 e. The minimum Gasteiger partial charge on any atom is -0.375 e. The van der Waals surface area contributed by atoms with E-state index >= 15 is 0 Å². The lowest BCUT2D eigenvalue weighted by atomic mass is 9.82. The molecule has 0 aromatic carbocycles. The summed E-state index contributed by atoms with van der Waals surface area (Å²) < 4.78 is 33.4. The van der Waals surface area contributed by atoms with Crippen molar-refractivity contribution >= 4 is 15.9 Å². The first-order chi connectivity index (χ1) is 12.0. The lowest BCUT2D eigenvalue weighted by molar-refractivity contribution is -0.113. The van der Waals surface area contributed by atoms with Gasteiger partial charge in [0.25, 0.3) is 5.91 Å². The highest BCUT2D eigenvalue weighted by molar-refractivity contribution is 7.90. The number of carbonyl (C=O) groups is 1. The van der Waals surface area contributed by atoms with E-state index in [9.17, 15) is 13.2 Å². The normalized spacial score (nSPS) is 26.7. The molecule has 1 aliphatic carbocycles. The van der Waals surface area contributed by atoms with Crippen molar-refractivity contribution in [3.8, 4) is 0 Å². The third-order valence-electron chi connectivity index (χ3n) is 5.59.